The maximum Gasteiger partial charge on any atom is 0.165 e. The molecular weight excluding hydrogens is 340 g/mol. The Morgan fingerprint density at radius 1 is 1.19 bits per heavy atom. The fourth-order valence-corrected chi connectivity index (χ4v) is 3.67. The molecule has 6 heteroatoms. The van der Waals surface area contributed by atoms with Crippen LogP contribution in [0.2, 0.25) is 0 Å². The molecular formula is C21H26N4O2. The van der Waals surface area contributed by atoms with Gasteiger partial charge in [0.05, 0.1) is 18.9 Å². The molecule has 6 nitrogen and oxygen atoms in total. The fourth-order valence-electron chi connectivity index (χ4n) is 3.67. The van der Waals surface area contributed by atoms with Gasteiger partial charge in [-0.15, -0.1) is 0 Å². The largest absolute Gasteiger partial charge is 0.497 e. The van der Waals surface area contributed by atoms with E-state index in [1.54, 1.807) is 7.11 Å². The third-order valence-corrected chi connectivity index (χ3v) is 5.32. The minimum atomic E-state index is 0.269. The number of benzene rings is 1. The van der Waals surface area contributed by atoms with Crippen LogP contribution in [-0.2, 0) is 4.74 Å². The number of rotatable bonds is 5. The molecule has 27 heavy (non-hydrogen) atoms. The first-order valence-corrected chi connectivity index (χ1v) is 9.45. The average molecular weight is 366 g/mol. The lowest BCUT2D eigenvalue weighted by atomic mass is 10.1. The Kier molecular flexibility index (Phi) is 4.74. The summed E-state index contributed by atoms with van der Waals surface area (Å²) in [5, 5.41) is 8.36. The summed E-state index contributed by atoms with van der Waals surface area (Å²) in [6.07, 6.45) is 2.51. The van der Waals surface area contributed by atoms with Gasteiger partial charge in [0.2, 0.25) is 0 Å². The van der Waals surface area contributed by atoms with Crippen molar-refractivity contribution in [2.75, 3.05) is 25.6 Å². The molecule has 0 amide bonds. The van der Waals surface area contributed by atoms with Crippen LogP contribution in [0.3, 0.4) is 0 Å². The van der Waals surface area contributed by atoms with Gasteiger partial charge >= 0.3 is 0 Å². The Hall–Kier alpha value is -2.60. The smallest absolute Gasteiger partial charge is 0.165 e. The van der Waals surface area contributed by atoms with E-state index in [0.717, 1.165) is 71.3 Å². The number of hydrogen-bond donors (Lipinski definition) is 1. The molecule has 3 heterocycles. The molecule has 2 aromatic heterocycles. The van der Waals surface area contributed by atoms with Gasteiger partial charge in [0.25, 0.3) is 0 Å². The van der Waals surface area contributed by atoms with E-state index in [2.05, 4.69) is 24.4 Å². The molecule has 0 saturated carbocycles. The maximum atomic E-state index is 5.76. The number of aryl methyl sites for hydroxylation is 2. The third kappa shape index (κ3) is 3.25. The van der Waals surface area contributed by atoms with Crippen LogP contribution in [0, 0.1) is 20.8 Å². The molecule has 1 atom stereocenters. The van der Waals surface area contributed by atoms with Crippen molar-refractivity contribution in [3.8, 4) is 16.9 Å². The number of methoxy groups -OCH3 is 1. The van der Waals surface area contributed by atoms with E-state index in [0.29, 0.717) is 0 Å². The van der Waals surface area contributed by atoms with Gasteiger partial charge in [-0.3, -0.25) is 0 Å². The van der Waals surface area contributed by atoms with Gasteiger partial charge in [0, 0.05) is 30.0 Å². The number of fused-ring (bicyclic) bond motifs is 1. The maximum absolute atomic E-state index is 5.76. The lowest BCUT2D eigenvalue weighted by molar-refractivity contribution is 0.120. The molecule has 1 aromatic carbocycles. The van der Waals surface area contributed by atoms with Gasteiger partial charge < -0.3 is 14.8 Å². The van der Waals surface area contributed by atoms with E-state index < -0.39 is 0 Å². The van der Waals surface area contributed by atoms with Crippen molar-refractivity contribution >= 4 is 11.5 Å². The van der Waals surface area contributed by atoms with Crippen molar-refractivity contribution in [3.05, 3.63) is 41.2 Å². The van der Waals surface area contributed by atoms with Crippen LogP contribution in [-0.4, -0.2) is 41.0 Å². The second-order valence-electron chi connectivity index (χ2n) is 7.11. The minimum absolute atomic E-state index is 0.269. The van der Waals surface area contributed by atoms with Gasteiger partial charge in [-0.05, 0) is 51.3 Å². The monoisotopic (exact) mass is 366 g/mol. The number of hydrogen-bond acceptors (Lipinski definition) is 5. The van der Waals surface area contributed by atoms with Crippen LogP contribution in [0.5, 0.6) is 5.75 Å². The second-order valence-corrected chi connectivity index (χ2v) is 7.11. The van der Waals surface area contributed by atoms with Crippen molar-refractivity contribution < 1.29 is 9.47 Å². The fraction of sp³-hybridized carbons (Fsp3) is 0.429. The van der Waals surface area contributed by atoms with Gasteiger partial charge in [0.1, 0.15) is 11.6 Å². The lowest BCUT2D eigenvalue weighted by Crippen LogP contribution is -2.21. The van der Waals surface area contributed by atoms with Crippen molar-refractivity contribution in [1.82, 2.24) is 14.6 Å². The Balaban J connectivity index is 1.78. The highest BCUT2D eigenvalue weighted by atomic mass is 16.5. The first-order valence-electron chi connectivity index (χ1n) is 9.45. The summed E-state index contributed by atoms with van der Waals surface area (Å²) in [7, 11) is 1.68. The zero-order chi connectivity index (χ0) is 19.0. The molecule has 0 unspecified atom stereocenters. The zero-order valence-electron chi connectivity index (χ0n) is 16.4. The molecule has 4 rings (SSSR count). The topological polar surface area (TPSA) is 60.7 Å². The SMILES string of the molecule is COc1ccc(-c2c(C)nn3c(NC[C@H]4CCCO4)c(C)c(C)nc23)cc1. The van der Waals surface area contributed by atoms with Crippen molar-refractivity contribution in [2.24, 2.45) is 0 Å². The molecule has 1 aliphatic heterocycles. The van der Waals surface area contributed by atoms with Crippen molar-refractivity contribution in [3.63, 3.8) is 0 Å². The Morgan fingerprint density at radius 3 is 2.63 bits per heavy atom. The van der Waals surface area contributed by atoms with Crippen LogP contribution in [0.4, 0.5) is 5.82 Å². The summed E-state index contributed by atoms with van der Waals surface area (Å²) in [5.74, 6) is 1.84. The number of nitrogens with one attached hydrogen (secondary N) is 1. The number of anilines is 1. The molecule has 1 saturated heterocycles. The predicted molar refractivity (Wildman–Crippen MR) is 107 cm³/mol. The molecule has 0 spiro atoms. The molecule has 1 fully saturated rings. The summed E-state index contributed by atoms with van der Waals surface area (Å²) in [6, 6.07) is 8.05. The van der Waals surface area contributed by atoms with E-state index in [-0.39, 0.29) is 6.10 Å². The van der Waals surface area contributed by atoms with Crippen molar-refractivity contribution in [1.29, 1.82) is 0 Å². The van der Waals surface area contributed by atoms with Crippen LogP contribution >= 0.6 is 0 Å². The van der Waals surface area contributed by atoms with Crippen LogP contribution < -0.4 is 10.1 Å². The normalized spacial score (nSPS) is 16.8. The van der Waals surface area contributed by atoms with Gasteiger partial charge in [-0.1, -0.05) is 12.1 Å². The molecule has 0 aliphatic carbocycles. The predicted octanol–water partition coefficient (Wildman–Crippen LogP) is 3.92. The molecule has 142 valence electrons. The van der Waals surface area contributed by atoms with E-state index in [1.165, 1.54) is 0 Å². The van der Waals surface area contributed by atoms with E-state index in [4.69, 9.17) is 19.6 Å². The van der Waals surface area contributed by atoms with Gasteiger partial charge in [-0.25, -0.2) is 4.98 Å². The Morgan fingerprint density at radius 2 is 1.96 bits per heavy atom. The highest BCUT2D eigenvalue weighted by Crippen LogP contribution is 2.32. The van der Waals surface area contributed by atoms with Crippen LogP contribution in [0.1, 0.15) is 29.8 Å². The van der Waals surface area contributed by atoms with E-state index in [9.17, 15) is 0 Å². The first-order chi connectivity index (χ1) is 13.1. The van der Waals surface area contributed by atoms with Gasteiger partial charge in [-0.2, -0.15) is 9.61 Å². The standard InChI is InChI=1S/C21H26N4O2/c1-13-14(2)23-21-19(16-7-9-17(26-4)10-8-16)15(3)24-25(21)20(13)22-12-18-6-5-11-27-18/h7-10,18,22H,5-6,11-12H2,1-4H3/t18-/m1/s1. The number of ether oxygens (including phenoxy) is 2. The van der Waals surface area contributed by atoms with E-state index in [1.807, 2.05) is 30.5 Å². The van der Waals surface area contributed by atoms with Gasteiger partial charge in [0.15, 0.2) is 5.65 Å². The summed E-state index contributed by atoms with van der Waals surface area (Å²) in [4.78, 5) is 4.85. The molecule has 0 radical (unpaired) electrons. The third-order valence-electron chi connectivity index (χ3n) is 5.32. The zero-order valence-corrected chi connectivity index (χ0v) is 16.4. The molecule has 0 bridgehead atoms. The molecule has 1 aliphatic rings. The molecule has 3 aromatic rings. The minimum Gasteiger partial charge on any atom is -0.497 e. The Bertz CT molecular complexity index is 957. The highest BCUT2D eigenvalue weighted by molar-refractivity contribution is 5.81. The van der Waals surface area contributed by atoms with E-state index >= 15 is 0 Å². The quantitative estimate of drug-likeness (QED) is 0.742. The second kappa shape index (κ2) is 7.19. The van der Waals surface area contributed by atoms with Crippen molar-refractivity contribution in [2.45, 2.75) is 39.7 Å². The van der Waals surface area contributed by atoms with Crippen LogP contribution in [0.15, 0.2) is 24.3 Å². The van der Waals surface area contributed by atoms with Crippen LogP contribution in [0.25, 0.3) is 16.8 Å². The number of aromatic nitrogens is 3. The molecule has 1 N–H and O–H groups in total. The summed E-state index contributed by atoms with van der Waals surface area (Å²) >= 11 is 0. The first kappa shape index (κ1) is 17.8. The lowest BCUT2D eigenvalue weighted by Gasteiger charge is -2.16. The average Bonchev–Trinajstić information content (AvgIpc) is 3.30. The summed E-state index contributed by atoms with van der Waals surface area (Å²) in [6.45, 7) is 7.81. The Labute approximate surface area is 159 Å². The highest BCUT2D eigenvalue weighted by Gasteiger charge is 2.20. The number of nitrogens with zero attached hydrogens (tertiary/aromatic N) is 3. The summed E-state index contributed by atoms with van der Waals surface area (Å²) in [5.41, 5.74) is 6.09. The summed E-state index contributed by atoms with van der Waals surface area (Å²) < 4.78 is 13.0.